The van der Waals surface area contributed by atoms with Crippen molar-refractivity contribution in [2.24, 2.45) is 5.92 Å². The van der Waals surface area contributed by atoms with Crippen LogP contribution in [0.4, 0.5) is 11.6 Å². The Bertz CT molecular complexity index is 429. The van der Waals surface area contributed by atoms with Gasteiger partial charge in [-0.05, 0) is 25.7 Å². The molecule has 0 aromatic carbocycles. The second-order valence-corrected chi connectivity index (χ2v) is 4.56. The lowest BCUT2D eigenvalue weighted by molar-refractivity contribution is 0.436. The van der Waals surface area contributed by atoms with Crippen LogP contribution in [0.5, 0.6) is 0 Å². The van der Waals surface area contributed by atoms with Crippen molar-refractivity contribution in [2.45, 2.75) is 26.7 Å². The van der Waals surface area contributed by atoms with E-state index in [2.05, 4.69) is 27.1 Å². The van der Waals surface area contributed by atoms with Gasteiger partial charge in [-0.1, -0.05) is 6.92 Å². The van der Waals surface area contributed by atoms with Crippen molar-refractivity contribution in [2.75, 3.05) is 23.3 Å². The SMILES string of the molecule is Cc1nc(NC#N)cc(N2CCC(C)CC2)n1. The summed E-state index contributed by atoms with van der Waals surface area (Å²) in [6, 6.07) is 1.84. The molecule has 1 saturated heterocycles. The summed E-state index contributed by atoms with van der Waals surface area (Å²) in [5.74, 6) is 2.99. The van der Waals surface area contributed by atoms with E-state index in [-0.39, 0.29) is 0 Å². The average molecular weight is 231 g/mol. The predicted octanol–water partition coefficient (Wildman–Crippen LogP) is 1.91. The van der Waals surface area contributed by atoms with Gasteiger partial charge in [-0.2, -0.15) is 5.26 Å². The molecule has 5 heteroatoms. The number of piperidine rings is 1. The number of nitriles is 1. The first-order chi connectivity index (χ1) is 8.19. The summed E-state index contributed by atoms with van der Waals surface area (Å²) in [7, 11) is 0. The van der Waals surface area contributed by atoms with E-state index in [1.807, 2.05) is 19.2 Å². The smallest absolute Gasteiger partial charge is 0.182 e. The summed E-state index contributed by atoms with van der Waals surface area (Å²) >= 11 is 0. The van der Waals surface area contributed by atoms with Crippen LogP contribution in [0.15, 0.2) is 6.07 Å². The lowest BCUT2D eigenvalue weighted by Crippen LogP contribution is -2.33. The van der Waals surface area contributed by atoms with Crippen LogP contribution in [0.1, 0.15) is 25.6 Å². The molecule has 17 heavy (non-hydrogen) atoms. The molecular weight excluding hydrogens is 214 g/mol. The summed E-state index contributed by atoms with van der Waals surface area (Å²) in [6.45, 7) is 6.19. The Labute approximate surface area is 101 Å². The Morgan fingerprint density at radius 1 is 1.41 bits per heavy atom. The highest BCUT2D eigenvalue weighted by Gasteiger charge is 2.17. The van der Waals surface area contributed by atoms with Crippen LogP contribution in [0.25, 0.3) is 0 Å². The molecule has 2 heterocycles. The second-order valence-electron chi connectivity index (χ2n) is 4.56. The topological polar surface area (TPSA) is 64.8 Å². The first-order valence-electron chi connectivity index (χ1n) is 5.95. The van der Waals surface area contributed by atoms with Crippen molar-refractivity contribution < 1.29 is 0 Å². The minimum Gasteiger partial charge on any atom is -0.356 e. The van der Waals surface area contributed by atoms with Gasteiger partial charge in [0.25, 0.3) is 0 Å². The van der Waals surface area contributed by atoms with Crippen LogP contribution in [-0.2, 0) is 0 Å². The second kappa shape index (κ2) is 5.00. The van der Waals surface area contributed by atoms with Crippen LogP contribution in [0, 0.1) is 24.3 Å². The molecule has 0 spiro atoms. The molecule has 0 saturated carbocycles. The molecular formula is C12H17N5. The van der Waals surface area contributed by atoms with E-state index in [9.17, 15) is 0 Å². The van der Waals surface area contributed by atoms with Crippen molar-refractivity contribution in [3.05, 3.63) is 11.9 Å². The van der Waals surface area contributed by atoms with Crippen LogP contribution in [0.2, 0.25) is 0 Å². The quantitative estimate of drug-likeness (QED) is 0.622. The molecule has 1 aromatic rings. The lowest BCUT2D eigenvalue weighted by Gasteiger charge is -2.31. The number of aromatic nitrogens is 2. The van der Waals surface area contributed by atoms with E-state index in [0.717, 1.165) is 24.8 Å². The first-order valence-corrected chi connectivity index (χ1v) is 5.95. The van der Waals surface area contributed by atoms with Crippen molar-refractivity contribution in [3.63, 3.8) is 0 Å². The van der Waals surface area contributed by atoms with Gasteiger partial charge in [0.15, 0.2) is 6.19 Å². The van der Waals surface area contributed by atoms with Crippen LogP contribution in [0.3, 0.4) is 0 Å². The normalized spacial score (nSPS) is 16.6. The fourth-order valence-corrected chi connectivity index (χ4v) is 2.07. The van der Waals surface area contributed by atoms with Gasteiger partial charge in [0.05, 0.1) is 0 Å². The lowest BCUT2D eigenvalue weighted by atomic mass is 9.99. The van der Waals surface area contributed by atoms with Gasteiger partial charge < -0.3 is 4.90 Å². The molecule has 0 radical (unpaired) electrons. The molecule has 0 bridgehead atoms. The number of hydrogen-bond donors (Lipinski definition) is 1. The van der Waals surface area contributed by atoms with Crippen LogP contribution in [-0.4, -0.2) is 23.1 Å². The summed E-state index contributed by atoms with van der Waals surface area (Å²) in [6.07, 6.45) is 4.29. The molecule has 1 aliphatic rings. The summed E-state index contributed by atoms with van der Waals surface area (Å²) in [5, 5.41) is 11.2. The Hall–Kier alpha value is -1.83. The Balaban J connectivity index is 2.17. The minimum atomic E-state index is 0.577. The van der Waals surface area contributed by atoms with E-state index in [0.29, 0.717) is 11.6 Å². The molecule has 2 rings (SSSR count). The van der Waals surface area contributed by atoms with E-state index >= 15 is 0 Å². The standard InChI is InChI=1S/C12H17N5/c1-9-3-5-17(6-4-9)12-7-11(14-8-13)15-10(2)16-12/h7,9H,3-6H2,1-2H3,(H,14,15,16). The van der Waals surface area contributed by atoms with E-state index in [1.54, 1.807) is 0 Å². The Morgan fingerprint density at radius 3 is 2.76 bits per heavy atom. The Kier molecular flexibility index (Phi) is 3.43. The third kappa shape index (κ3) is 2.84. The highest BCUT2D eigenvalue weighted by Crippen LogP contribution is 2.22. The van der Waals surface area contributed by atoms with E-state index in [4.69, 9.17) is 5.26 Å². The first kappa shape index (κ1) is 11.6. The maximum atomic E-state index is 8.61. The van der Waals surface area contributed by atoms with Gasteiger partial charge in [0, 0.05) is 19.2 Å². The van der Waals surface area contributed by atoms with E-state index < -0.39 is 0 Å². The minimum absolute atomic E-state index is 0.577. The van der Waals surface area contributed by atoms with Crippen molar-refractivity contribution >= 4 is 11.6 Å². The van der Waals surface area contributed by atoms with Crippen LogP contribution < -0.4 is 10.2 Å². The number of anilines is 2. The van der Waals surface area contributed by atoms with Crippen molar-refractivity contribution in [3.8, 4) is 6.19 Å². The Morgan fingerprint density at radius 2 is 2.12 bits per heavy atom. The van der Waals surface area contributed by atoms with Crippen molar-refractivity contribution in [1.82, 2.24) is 9.97 Å². The van der Waals surface area contributed by atoms with E-state index in [1.165, 1.54) is 12.8 Å². The number of nitrogens with one attached hydrogen (secondary N) is 1. The highest BCUT2D eigenvalue weighted by molar-refractivity contribution is 5.51. The summed E-state index contributed by atoms with van der Waals surface area (Å²) in [5.41, 5.74) is 0. The summed E-state index contributed by atoms with van der Waals surface area (Å²) in [4.78, 5) is 10.9. The number of aryl methyl sites for hydroxylation is 1. The number of rotatable bonds is 2. The van der Waals surface area contributed by atoms with Gasteiger partial charge in [0.2, 0.25) is 0 Å². The third-order valence-corrected chi connectivity index (χ3v) is 3.12. The zero-order chi connectivity index (χ0) is 12.3. The number of hydrogen-bond acceptors (Lipinski definition) is 5. The van der Waals surface area contributed by atoms with Crippen LogP contribution >= 0.6 is 0 Å². The zero-order valence-corrected chi connectivity index (χ0v) is 10.3. The average Bonchev–Trinajstić information content (AvgIpc) is 2.29. The zero-order valence-electron chi connectivity index (χ0n) is 10.3. The maximum absolute atomic E-state index is 8.61. The van der Waals surface area contributed by atoms with Gasteiger partial charge in [-0.25, -0.2) is 9.97 Å². The third-order valence-electron chi connectivity index (χ3n) is 3.12. The molecule has 0 atom stereocenters. The van der Waals surface area contributed by atoms with Gasteiger partial charge in [0.1, 0.15) is 17.5 Å². The molecule has 0 aliphatic carbocycles. The molecule has 0 unspecified atom stereocenters. The summed E-state index contributed by atoms with van der Waals surface area (Å²) < 4.78 is 0. The molecule has 5 nitrogen and oxygen atoms in total. The van der Waals surface area contributed by atoms with Crippen molar-refractivity contribution in [1.29, 1.82) is 5.26 Å². The largest absolute Gasteiger partial charge is 0.356 e. The van der Waals surface area contributed by atoms with Gasteiger partial charge in [-0.15, -0.1) is 0 Å². The monoisotopic (exact) mass is 231 g/mol. The molecule has 0 amide bonds. The molecule has 1 fully saturated rings. The predicted molar refractivity (Wildman–Crippen MR) is 66.6 cm³/mol. The molecule has 1 aliphatic heterocycles. The maximum Gasteiger partial charge on any atom is 0.182 e. The van der Waals surface area contributed by atoms with Gasteiger partial charge in [-0.3, -0.25) is 5.32 Å². The molecule has 90 valence electrons. The molecule has 1 N–H and O–H groups in total. The molecule has 1 aromatic heterocycles. The number of nitrogens with zero attached hydrogens (tertiary/aromatic N) is 4. The van der Waals surface area contributed by atoms with Gasteiger partial charge >= 0.3 is 0 Å². The fourth-order valence-electron chi connectivity index (χ4n) is 2.07. The highest BCUT2D eigenvalue weighted by atomic mass is 15.2. The fraction of sp³-hybridized carbons (Fsp3) is 0.583.